The highest BCUT2D eigenvalue weighted by Crippen LogP contribution is 1.89. The highest BCUT2D eigenvalue weighted by atomic mass is 16.4. The predicted molar refractivity (Wildman–Crippen MR) is 47.9 cm³/mol. The number of aromatic carboxylic acids is 1. The van der Waals surface area contributed by atoms with Crippen LogP contribution in [0.2, 0.25) is 0 Å². The lowest BCUT2D eigenvalue weighted by Gasteiger charge is -1.93. The molecule has 0 aromatic carbocycles. The first-order valence-corrected chi connectivity index (χ1v) is 3.91. The topological polar surface area (TPSA) is 83.0 Å². The van der Waals surface area contributed by atoms with Crippen LogP contribution in [0.25, 0.3) is 0 Å². The van der Waals surface area contributed by atoms with Crippen molar-refractivity contribution in [2.24, 2.45) is 0 Å². The van der Waals surface area contributed by atoms with Gasteiger partial charge in [0.2, 0.25) is 0 Å². The maximum atomic E-state index is 10.7. The number of carboxylic acids is 1. The fourth-order valence-corrected chi connectivity index (χ4v) is 0.689. The zero-order chi connectivity index (χ0) is 10.4. The molecule has 72 valence electrons. The van der Waals surface area contributed by atoms with Crippen molar-refractivity contribution < 1.29 is 9.90 Å². The smallest absolute Gasteiger partial charge is 0.354 e. The summed E-state index contributed by atoms with van der Waals surface area (Å²) < 4.78 is 0. The molecular formula is C8H12N2O3. The standard InChI is InChI=1S/C6H6N2O3.C2H6/c1-3-7-4(6(10)11)2-5(9)8-3;1-2/h2H,1H3,(H,10,11)(H,7,8,9);1-2H3. The van der Waals surface area contributed by atoms with Gasteiger partial charge in [-0.1, -0.05) is 13.8 Å². The van der Waals surface area contributed by atoms with E-state index in [1.807, 2.05) is 13.8 Å². The number of nitrogens with one attached hydrogen (secondary N) is 1. The number of H-pyrrole nitrogens is 1. The second-order valence-electron chi connectivity index (χ2n) is 2.02. The van der Waals surface area contributed by atoms with E-state index in [1.165, 1.54) is 6.92 Å². The Morgan fingerprint density at radius 1 is 1.54 bits per heavy atom. The van der Waals surface area contributed by atoms with Gasteiger partial charge in [0.1, 0.15) is 5.82 Å². The Morgan fingerprint density at radius 3 is 2.46 bits per heavy atom. The summed E-state index contributed by atoms with van der Waals surface area (Å²) in [5.74, 6) is -0.894. The summed E-state index contributed by atoms with van der Waals surface area (Å²) in [6, 6.07) is 0.940. The molecule has 1 aromatic rings. The average Bonchev–Trinajstić information content (AvgIpc) is 2.06. The van der Waals surface area contributed by atoms with Crippen molar-refractivity contribution in [3.05, 3.63) is 27.9 Å². The summed E-state index contributed by atoms with van der Waals surface area (Å²) in [4.78, 5) is 26.9. The van der Waals surface area contributed by atoms with Gasteiger partial charge in [0.25, 0.3) is 5.56 Å². The number of aromatic amines is 1. The number of rotatable bonds is 1. The molecule has 0 fully saturated rings. The van der Waals surface area contributed by atoms with Crippen LogP contribution in [-0.4, -0.2) is 21.0 Å². The van der Waals surface area contributed by atoms with Gasteiger partial charge in [-0.2, -0.15) is 0 Å². The van der Waals surface area contributed by atoms with E-state index in [1.54, 1.807) is 0 Å². The van der Waals surface area contributed by atoms with Crippen molar-refractivity contribution in [3.63, 3.8) is 0 Å². The van der Waals surface area contributed by atoms with Gasteiger partial charge in [-0.3, -0.25) is 4.79 Å². The molecule has 5 heteroatoms. The van der Waals surface area contributed by atoms with E-state index in [-0.39, 0.29) is 5.69 Å². The summed E-state index contributed by atoms with van der Waals surface area (Å²) in [5.41, 5.74) is -0.679. The van der Waals surface area contributed by atoms with Gasteiger partial charge >= 0.3 is 5.97 Å². The number of carbonyl (C=O) groups is 1. The second-order valence-corrected chi connectivity index (χ2v) is 2.02. The zero-order valence-corrected chi connectivity index (χ0v) is 7.79. The molecule has 2 N–H and O–H groups in total. The molecule has 0 spiro atoms. The van der Waals surface area contributed by atoms with Crippen LogP contribution in [0.15, 0.2) is 10.9 Å². The van der Waals surface area contributed by atoms with Crippen molar-refractivity contribution >= 4 is 5.97 Å². The van der Waals surface area contributed by atoms with Crippen LogP contribution in [-0.2, 0) is 0 Å². The van der Waals surface area contributed by atoms with Crippen LogP contribution in [0.3, 0.4) is 0 Å². The van der Waals surface area contributed by atoms with Crippen molar-refractivity contribution in [2.45, 2.75) is 20.8 Å². The van der Waals surface area contributed by atoms with Gasteiger partial charge < -0.3 is 10.1 Å². The normalized spacial score (nSPS) is 8.54. The third kappa shape index (κ3) is 3.50. The lowest BCUT2D eigenvalue weighted by atomic mass is 10.4. The molecule has 5 nitrogen and oxygen atoms in total. The van der Waals surface area contributed by atoms with Crippen molar-refractivity contribution in [2.75, 3.05) is 0 Å². The molecule has 0 bridgehead atoms. The first-order chi connectivity index (χ1) is 6.09. The van der Waals surface area contributed by atoms with Crippen LogP contribution in [0.1, 0.15) is 30.2 Å². The molecule has 1 heterocycles. The lowest BCUT2D eigenvalue weighted by Crippen LogP contribution is -2.13. The summed E-state index contributed by atoms with van der Waals surface area (Å²) in [6.45, 7) is 5.52. The van der Waals surface area contributed by atoms with E-state index in [4.69, 9.17) is 5.11 Å². The van der Waals surface area contributed by atoms with E-state index in [2.05, 4.69) is 9.97 Å². The predicted octanol–water partition coefficient (Wildman–Crippen LogP) is 0.803. The Bertz CT molecular complexity index is 343. The van der Waals surface area contributed by atoms with Gasteiger partial charge in [0.05, 0.1) is 0 Å². The summed E-state index contributed by atoms with van der Waals surface area (Å²) in [5, 5.41) is 8.42. The minimum absolute atomic E-state index is 0.230. The molecule has 0 saturated carbocycles. The third-order valence-corrected chi connectivity index (χ3v) is 1.08. The van der Waals surface area contributed by atoms with E-state index < -0.39 is 11.5 Å². The number of hydrogen-bond donors (Lipinski definition) is 2. The maximum Gasteiger partial charge on any atom is 0.354 e. The van der Waals surface area contributed by atoms with E-state index in [0.29, 0.717) is 5.82 Å². The monoisotopic (exact) mass is 184 g/mol. The number of hydrogen-bond acceptors (Lipinski definition) is 3. The summed E-state index contributed by atoms with van der Waals surface area (Å²) in [6.07, 6.45) is 0. The second kappa shape index (κ2) is 5.08. The number of aryl methyl sites for hydroxylation is 1. The molecule has 1 aromatic heterocycles. The molecule has 13 heavy (non-hydrogen) atoms. The fraction of sp³-hybridized carbons (Fsp3) is 0.375. The van der Waals surface area contributed by atoms with Crippen molar-refractivity contribution in [1.82, 2.24) is 9.97 Å². The van der Waals surface area contributed by atoms with E-state index in [9.17, 15) is 9.59 Å². The SMILES string of the molecule is CC.Cc1nc(C(=O)O)cc(=O)[nH]1. The number of aromatic nitrogens is 2. The Labute approximate surface area is 75.5 Å². The first kappa shape index (κ1) is 11.4. The zero-order valence-electron chi connectivity index (χ0n) is 7.79. The van der Waals surface area contributed by atoms with Crippen LogP contribution in [0.5, 0.6) is 0 Å². The summed E-state index contributed by atoms with van der Waals surface area (Å²) in [7, 11) is 0. The van der Waals surface area contributed by atoms with Gasteiger partial charge in [-0.05, 0) is 6.92 Å². The Balaban J connectivity index is 0.000000671. The summed E-state index contributed by atoms with van der Waals surface area (Å²) >= 11 is 0. The van der Waals surface area contributed by atoms with Crippen LogP contribution in [0.4, 0.5) is 0 Å². The van der Waals surface area contributed by atoms with Crippen LogP contribution >= 0.6 is 0 Å². The minimum atomic E-state index is -1.20. The maximum absolute atomic E-state index is 10.7. The Kier molecular flexibility index (Phi) is 4.43. The molecule has 0 aliphatic carbocycles. The molecule has 0 unspecified atom stereocenters. The van der Waals surface area contributed by atoms with Gasteiger partial charge in [-0.15, -0.1) is 0 Å². The highest BCUT2D eigenvalue weighted by molar-refractivity contribution is 5.85. The number of carboxylic acid groups (broad SMARTS) is 1. The van der Waals surface area contributed by atoms with Gasteiger partial charge in [0.15, 0.2) is 5.69 Å². The molecule has 0 saturated heterocycles. The van der Waals surface area contributed by atoms with Crippen LogP contribution < -0.4 is 5.56 Å². The number of nitrogens with zero attached hydrogens (tertiary/aromatic N) is 1. The van der Waals surface area contributed by atoms with Gasteiger partial charge in [-0.25, -0.2) is 9.78 Å². The molecule has 0 radical (unpaired) electrons. The third-order valence-electron chi connectivity index (χ3n) is 1.08. The lowest BCUT2D eigenvalue weighted by molar-refractivity contribution is 0.0689. The quantitative estimate of drug-likeness (QED) is 0.676. The largest absolute Gasteiger partial charge is 0.477 e. The van der Waals surface area contributed by atoms with Crippen molar-refractivity contribution in [1.29, 1.82) is 0 Å². The molecule has 0 aliphatic heterocycles. The molecule has 1 rings (SSSR count). The Morgan fingerprint density at radius 2 is 2.08 bits per heavy atom. The molecular weight excluding hydrogens is 172 g/mol. The van der Waals surface area contributed by atoms with E-state index in [0.717, 1.165) is 6.07 Å². The first-order valence-electron chi connectivity index (χ1n) is 3.91. The Hall–Kier alpha value is -1.65. The van der Waals surface area contributed by atoms with Gasteiger partial charge in [0, 0.05) is 6.07 Å². The van der Waals surface area contributed by atoms with Crippen LogP contribution in [0, 0.1) is 6.92 Å². The molecule has 0 aliphatic rings. The van der Waals surface area contributed by atoms with Crippen molar-refractivity contribution in [3.8, 4) is 0 Å². The van der Waals surface area contributed by atoms with E-state index >= 15 is 0 Å². The molecule has 0 atom stereocenters. The minimum Gasteiger partial charge on any atom is -0.477 e. The fourth-order valence-electron chi connectivity index (χ4n) is 0.689. The molecule has 0 amide bonds. The highest BCUT2D eigenvalue weighted by Gasteiger charge is 2.04. The average molecular weight is 184 g/mol.